The Morgan fingerprint density at radius 1 is 1.26 bits per heavy atom. The van der Waals surface area contributed by atoms with E-state index >= 15 is 0 Å². The van der Waals surface area contributed by atoms with Gasteiger partial charge in [-0.05, 0) is 12.8 Å². The SMILES string of the molecule is COCCN(CC(=O)N(C)C)C(=O)CCNC1CC1. The predicted molar refractivity (Wildman–Crippen MR) is 72.8 cm³/mol. The van der Waals surface area contributed by atoms with E-state index in [0.29, 0.717) is 32.2 Å². The Bertz CT molecular complexity index is 304. The number of rotatable bonds is 9. The van der Waals surface area contributed by atoms with Crippen LogP contribution >= 0.6 is 0 Å². The van der Waals surface area contributed by atoms with E-state index in [1.54, 1.807) is 26.1 Å². The van der Waals surface area contributed by atoms with Crippen molar-refractivity contribution in [2.24, 2.45) is 0 Å². The molecular weight excluding hydrogens is 246 g/mol. The van der Waals surface area contributed by atoms with Crippen molar-refractivity contribution < 1.29 is 14.3 Å². The molecule has 0 radical (unpaired) electrons. The summed E-state index contributed by atoms with van der Waals surface area (Å²) in [5.74, 6) is -0.0694. The van der Waals surface area contributed by atoms with Crippen molar-refractivity contribution in [1.29, 1.82) is 0 Å². The van der Waals surface area contributed by atoms with Crippen molar-refractivity contribution in [2.75, 3.05) is 47.4 Å². The van der Waals surface area contributed by atoms with E-state index in [4.69, 9.17) is 4.74 Å². The Morgan fingerprint density at radius 2 is 1.95 bits per heavy atom. The van der Waals surface area contributed by atoms with Crippen LogP contribution in [0.25, 0.3) is 0 Å². The lowest BCUT2D eigenvalue weighted by Gasteiger charge is -2.23. The van der Waals surface area contributed by atoms with Crippen LogP contribution in [0, 0.1) is 0 Å². The molecule has 1 N–H and O–H groups in total. The van der Waals surface area contributed by atoms with E-state index in [-0.39, 0.29) is 18.4 Å². The predicted octanol–water partition coefficient (Wildman–Crippen LogP) is -0.308. The molecule has 6 heteroatoms. The Hall–Kier alpha value is -1.14. The monoisotopic (exact) mass is 271 g/mol. The summed E-state index contributed by atoms with van der Waals surface area (Å²) in [7, 11) is 4.97. The minimum Gasteiger partial charge on any atom is -0.383 e. The highest BCUT2D eigenvalue weighted by Crippen LogP contribution is 2.18. The van der Waals surface area contributed by atoms with Crippen molar-refractivity contribution in [2.45, 2.75) is 25.3 Å². The third-order valence-corrected chi connectivity index (χ3v) is 3.09. The van der Waals surface area contributed by atoms with E-state index in [2.05, 4.69) is 5.32 Å². The van der Waals surface area contributed by atoms with Crippen LogP contribution in [0.3, 0.4) is 0 Å². The van der Waals surface area contributed by atoms with Crippen LogP contribution in [0.5, 0.6) is 0 Å². The second-order valence-electron chi connectivity index (χ2n) is 5.07. The van der Waals surface area contributed by atoms with Crippen LogP contribution in [0.2, 0.25) is 0 Å². The molecule has 0 saturated heterocycles. The van der Waals surface area contributed by atoms with Crippen molar-refractivity contribution in [1.82, 2.24) is 15.1 Å². The molecule has 0 heterocycles. The number of hydrogen-bond donors (Lipinski definition) is 1. The zero-order valence-corrected chi connectivity index (χ0v) is 12.1. The van der Waals surface area contributed by atoms with Crippen LogP contribution in [-0.2, 0) is 14.3 Å². The third-order valence-electron chi connectivity index (χ3n) is 3.09. The van der Waals surface area contributed by atoms with Crippen LogP contribution in [0.15, 0.2) is 0 Å². The summed E-state index contributed by atoms with van der Waals surface area (Å²) < 4.78 is 4.98. The average molecular weight is 271 g/mol. The van der Waals surface area contributed by atoms with Crippen molar-refractivity contribution in [3.8, 4) is 0 Å². The fraction of sp³-hybridized carbons (Fsp3) is 0.846. The van der Waals surface area contributed by atoms with Crippen LogP contribution in [0.4, 0.5) is 0 Å². The summed E-state index contributed by atoms with van der Waals surface area (Å²) in [5.41, 5.74) is 0. The van der Waals surface area contributed by atoms with Gasteiger partial charge in [0.2, 0.25) is 11.8 Å². The highest BCUT2D eigenvalue weighted by molar-refractivity contribution is 5.84. The number of carbonyl (C=O) groups excluding carboxylic acids is 2. The number of hydrogen-bond acceptors (Lipinski definition) is 4. The van der Waals surface area contributed by atoms with E-state index in [1.807, 2.05) is 0 Å². The van der Waals surface area contributed by atoms with Crippen LogP contribution in [-0.4, -0.2) is 75.1 Å². The molecule has 0 aliphatic heterocycles. The van der Waals surface area contributed by atoms with Gasteiger partial charge < -0.3 is 19.9 Å². The first-order valence-corrected chi connectivity index (χ1v) is 6.75. The van der Waals surface area contributed by atoms with E-state index in [0.717, 1.165) is 0 Å². The molecular formula is C13H25N3O3. The quantitative estimate of drug-likeness (QED) is 0.625. The van der Waals surface area contributed by atoms with Gasteiger partial charge in [-0.15, -0.1) is 0 Å². The van der Waals surface area contributed by atoms with Gasteiger partial charge in [0, 0.05) is 46.8 Å². The molecule has 1 aliphatic carbocycles. The molecule has 1 fully saturated rings. The summed E-state index contributed by atoms with van der Waals surface area (Å²) in [6.45, 7) is 1.71. The number of nitrogens with one attached hydrogen (secondary N) is 1. The third kappa shape index (κ3) is 6.54. The first kappa shape index (κ1) is 15.9. The molecule has 0 spiro atoms. The highest BCUT2D eigenvalue weighted by Gasteiger charge is 2.22. The highest BCUT2D eigenvalue weighted by atomic mass is 16.5. The second-order valence-corrected chi connectivity index (χ2v) is 5.07. The number of ether oxygens (including phenoxy) is 1. The van der Waals surface area contributed by atoms with Gasteiger partial charge in [-0.1, -0.05) is 0 Å². The normalized spacial score (nSPS) is 14.3. The molecule has 1 rings (SSSR count). The molecule has 6 nitrogen and oxygen atoms in total. The first-order chi connectivity index (χ1) is 9.04. The van der Waals surface area contributed by atoms with Gasteiger partial charge in [-0.2, -0.15) is 0 Å². The zero-order chi connectivity index (χ0) is 14.3. The van der Waals surface area contributed by atoms with Gasteiger partial charge in [-0.25, -0.2) is 0 Å². The van der Waals surface area contributed by atoms with Gasteiger partial charge in [0.25, 0.3) is 0 Å². The molecule has 110 valence electrons. The number of nitrogens with zero attached hydrogens (tertiary/aromatic N) is 2. The Morgan fingerprint density at radius 3 is 2.47 bits per heavy atom. The minimum atomic E-state index is -0.0698. The largest absolute Gasteiger partial charge is 0.383 e. The van der Waals surface area contributed by atoms with Crippen LogP contribution < -0.4 is 5.32 Å². The number of carbonyl (C=O) groups is 2. The van der Waals surface area contributed by atoms with E-state index in [1.165, 1.54) is 17.7 Å². The topological polar surface area (TPSA) is 61.9 Å². The van der Waals surface area contributed by atoms with Crippen LogP contribution in [0.1, 0.15) is 19.3 Å². The number of likely N-dealkylation sites (N-methyl/N-ethyl adjacent to an activating group) is 1. The molecule has 0 unspecified atom stereocenters. The maximum absolute atomic E-state index is 12.1. The van der Waals surface area contributed by atoms with E-state index < -0.39 is 0 Å². The maximum atomic E-state index is 12.1. The number of methoxy groups -OCH3 is 1. The second kappa shape index (κ2) is 8.12. The van der Waals surface area contributed by atoms with Gasteiger partial charge in [0.15, 0.2) is 0 Å². The van der Waals surface area contributed by atoms with E-state index in [9.17, 15) is 9.59 Å². The van der Waals surface area contributed by atoms with Crippen molar-refractivity contribution in [3.05, 3.63) is 0 Å². The van der Waals surface area contributed by atoms with Gasteiger partial charge in [-0.3, -0.25) is 9.59 Å². The molecule has 1 aliphatic rings. The van der Waals surface area contributed by atoms with Gasteiger partial charge >= 0.3 is 0 Å². The minimum absolute atomic E-state index is 0.000370. The molecule has 19 heavy (non-hydrogen) atoms. The summed E-state index contributed by atoms with van der Waals surface area (Å²) in [6, 6.07) is 0.601. The lowest BCUT2D eigenvalue weighted by Crippen LogP contribution is -2.42. The molecule has 0 aromatic carbocycles. The molecule has 2 amide bonds. The van der Waals surface area contributed by atoms with Crippen molar-refractivity contribution in [3.63, 3.8) is 0 Å². The van der Waals surface area contributed by atoms with Crippen molar-refractivity contribution >= 4 is 11.8 Å². The number of amides is 2. The molecule has 1 saturated carbocycles. The van der Waals surface area contributed by atoms with Gasteiger partial charge in [0.05, 0.1) is 13.2 Å². The summed E-state index contributed by atoms with van der Waals surface area (Å²) in [5, 5.41) is 3.30. The van der Waals surface area contributed by atoms with Gasteiger partial charge in [0.1, 0.15) is 0 Å². The Balaban J connectivity index is 2.35. The first-order valence-electron chi connectivity index (χ1n) is 6.75. The zero-order valence-electron chi connectivity index (χ0n) is 12.1. The fourth-order valence-corrected chi connectivity index (χ4v) is 1.63. The Labute approximate surface area is 115 Å². The molecule has 0 aromatic rings. The summed E-state index contributed by atoms with van der Waals surface area (Å²) in [6.07, 6.45) is 2.85. The molecule has 0 bridgehead atoms. The summed E-state index contributed by atoms with van der Waals surface area (Å²) in [4.78, 5) is 26.8. The maximum Gasteiger partial charge on any atom is 0.241 e. The lowest BCUT2D eigenvalue weighted by atomic mass is 10.3. The summed E-state index contributed by atoms with van der Waals surface area (Å²) >= 11 is 0. The molecule has 0 aromatic heterocycles. The standard InChI is InChI=1S/C13H25N3O3/c1-15(2)13(18)10-16(8-9-19-3)12(17)6-7-14-11-4-5-11/h11,14H,4-10H2,1-3H3. The molecule has 0 atom stereocenters. The average Bonchev–Trinajstić information content (AvgIpc) is 3.17. The Kier molecular flexibility index (Phi) is 6.80. The smallest absolute Gasteiger partial charge is 0.241 e. The lowest BCUT2D eigenvalue weighted by molar-refractivity contribution is -0.139. The fourth-order valence-electron chi connectivity index (χ4n) is 1.63.